The van der Waals surface area contributed by atoms with Crippen molar-refractivity contribution in [1.82, 2.24) is 0 Å². The van der Waals surface area contributed by atoms with Crippen LogP contribution in [0.25, 0.3) is 0 Å². The van der Waals surface area contributed by atoms with Crippen molar-refractivity contribution in [3.05, 3.63) is 40.1 Å². The van der Waals surface area contributed by atoms with E-state index in [2.05, 4.69) is 5.32 Å². The number of hydrogen-bond donors (Lipinski definition) is 1. The maximum atomic E-state index is 11.5. The highest BCUT2D eigenvalue weighted by Crippen LogP contribution is 2.29. The Morgan fingerprint density at radius 3 is 2.79 bits per heavy atom. The molecule has 0 aliphatic carbocycles. The van der Waals surface area contributed by atoms with E-state index in [-0.39, 0.29) is 5.03 Å². The number of anilines is 1. The van der Waals surface area contributed by atoms with Gasteiger partial charge in [0.25, 0.3) is 0 Å². The zero-order valence-electron chi connectivity index (χ0n) is 11.1. The Labute approximate surface area is 117 Å². The summed E-state index contributed by atoms with van der Waals surface area (Å²) in [7, 11) is 0. The number of hydrogen-bond acceptors (Lipinski definition) is 4. The van der Waals surface area contributed by atoms with Gasteiger partial charge in [0.2, 0.25) is 6.29 Å². The molecule has 102 valence electrons. The molecule has 0 radical (unpaired) electrons. The fraction of sp³-hybridized carbons (Fsp3) is 0.357. The monoisotopic (exact) mass is 281 g/mol. The summed E-state index contributed by atoms with van der Waals surface area (Å²) in [6, 6.07) is 5.97. The van der Waals surface area contributed by atoms with Crippen LogP contribution < -0.4 is 5.32 Å². The Morgan fingerprint density at radius 1 is 1.42 bits per heavy atom. The molecule has 1 aliphatic heterocycles. The van der Waals surface area contributed by atoms with E-state index in [0.717, 1.165) is 11.3 Å². The molecule has 19 heavy (non-hydrogen) atoms. The zero-order chi connectivity index (χ0) is 14.0. The van der Waals surface area contributed by atoms with E-state index >= 15 is 0 Å². The normalized spacial score (nSPS) is 18.7. The third-order valence-corrected chi connectivity index (χ3v) is 3.19. The standard InChI is InChI=1S/C14H16ClNO3/c1-4-18-14-12(11(15)13(17)19-14)16-10-6-5-8(2)7-9(10)3/h5-7,14,16H,4H2,1-3H3/t14-/m0/s1. The highest BCUT2D eigenvalue weighted by molar-refractivity contribution is 6.42. The lowest BCUT2D eigenvalue weighted by molar-refractivity contribution is -0.158. The number of halogens is 1. The van der Waals surface area contributed by atoms with Crippen LogP contribution in [0.1, 0.15) is 18.1 Å². The van der Waals surface area contributed by atoms with Gasteiger partial charge in [-0.05, 0) is 32.4 Å². The van der Waals surface area contributed by atoms with Crippen LogP contribution in [-0.4, -0.2) is 18.9 Å². The molecule has 4 nitrogen and oxygen atoms in total. The molecule has 1 heterocycles. The number of aryl methyl sites for hydroxylation is 2. The smallest absolute Gasteiger partial charge is 0.354 e. The van der Waals surface area contributed by atoms with E-state index in [1.54, 1.807) is 0 Å². The molecule has 0 unspecified atom stereocenters. The van der Waals surface area contributed by atoms with Crippen molar-refractivity contribution in [2.75, 3.05) is 11.9 Å². The van der Waals surface area contributed by atoms with Crippen molar-refractivity contribution < 1.29 is 14.3 Å². The van der Waals surface area contributed by atoms with Crippen molar-refractivity contribution in [3.63, 3.8) is 0 Å². The SMILES string of the molecule is CCO[C@H]1OC(=O)C(Cl)=C1Nc1ccc(C)cc1C. The topological polar surface area (TPSA) is 47.6 Å². The van der Waals surface area contributed by atoms with Crippen molar-refractivity contribution in [2.24, 2.45) is 0 Å². The molecule has 1 aromatic rings. The number of carbonyl (C=O) groups excluding carboxylic acids is 1. The average molecular weight is 282 g/mol. The molecule has 1 N–H and O–H groups in total. The summed E-state index contributed by atoms with van der Waals surface area (Å²) < 4.78 is 10.4. The Hall–Kier alpha value is -1.52. The predicted molar refractivity (Wildman–Crippen MR) is 73.9 cm³/mol. The molecule has 0 fully saturated rings. The van der Waals surface area contributed by atoms with Gasteiger partial charge in [0.1, 0.15) is 5.70 Å². The van der Waals surface area contributed by atoms with Gasteiger partial charge in [-0.25, -0.2) is 4.79 Å². The Balaban J connectivity index is 2.27. The molecular weight excluding hydrogens is 266 g/mol. The summed E-state index contributed by atoms with van der Waals surface area (Å²) >= 11 is 5.96. The van der Waals surface area contributed by atoms with Gasteiger partial charge in [-0.2, -0.15) is 0 Å². The predicted octanol–water partition coefficient (Wildman–Crippen LogP) is 3.09. The summed E-state index contributed by atoms with van der Waals surface area (Å²) in [6.45, 7) is 6.26. The van der Waals surface area contributed by atoms with Gasteiger partial charge in [-0.3, -0.25) is 0 Å². The summed E-state index contributed by atoms with van der Waals surface area (Å²) in [4.78, 5) is 11.5. The summed E-state index contributed by atoms with van der Waals surface area (Å²) in [5, 5.41) is 3.17. The number of cyclic esters (lactones) is 1. The molecule has 5 heteroatoms. The molecule has 1 atom stereocenters. The van der Waals surface area contributed by atoms with Gasteiger partial charge < -0.3 is 14.8 Å². The van der Waals surface area contributed by atoms with E-state index in [9.17, 15) is 4.79 Å². The van der Waals surface area contributed by atoms with Crippen molar-refractivity contribution in [3.8, 4) is 0 Å². The van der Waals surface area contributed by atoms with E-state index in [0.29, 0.717) is 12.3 Å². The molecule has 0 bridgehead atoms. The minimum atomic E-state index is -0.759. The van der Waals surface area contributed by atoms with Crippen LogP contribution in [-0.2, 0) is 14.3 Å². The molecule has 0 amide bonds. The molecule has 0 spiro atoms. The first-order chi connectivity index (χ1) is 9.02. The molecule has 0 aromatic heterocycles. The van der Waals surface area contributed by atoms with Crippen LogP contribution in [0, 0.1) is 13.8 Å². The fourth-order valence-electron chi connectivity index (χ4n) is 1.90. The lowest BCUT2D eigenvalue weighted by atomic mass is 10.1. The quantitative estimate of drug-likeness (QED) is 0.862. The lowest BCUT2D eigenvalue weighted by Gasteiger charge is -2.16. The number of rotatable bonds is 4. The van der Waals surface area contributed by atoms with Gasteiger partial charge in [0, 0.05) is 12.3 Å². The van der Waals surface area contributed by atoms with Crippen LogP contribution in [0.15, 0.2) is 28.9 Å². The zero-order valence-corrected chi connectivity index (χ0v) is 11.9. The third kappa shape index (κ3) is 2.91. The second-order valence-electron chi connectivity index (χ2n) is 4.36. The summed E-state index contributed by atoms with van der Waals surface area (Å²) in [6.07, 6.45) is -0.759. The van der Waals surface area contributed by atoms with Gasteiger partial charge in [-0.1, -0.05) is 29.3 Å². The highest BCUT2D eigenvalue weighted by Gasteiger charge is 2.34. The Morgan fingerprint density at radius 2 is 2.16 bits per heavy atom. The summed E-state index contributed by atoms with van der Waals surface area (Å²) in [5.74, 6) is -0.563. The second kappa shape index (κ2) is 5.63. The van der Waals surface area contributed by atoms with Crippen LogP contribution in [0.5, 0.6) is 0 Å². The van der Waals surface area contributed by atoms with E-state index in [1.807, 2.05) is 39.0 Å². The average Bonchev–Trinajstić information content (AvgIpc) is 2.61. The number of benzene rings is 1. The van der Waals surface area contributed by atoms with Crippen LogP contribution >= 0.6 is 11.6 Å². The number of esters is 1. The van der Waals surface area contributed by atoms with Crippen LogP contribution in [0.2, 0.25) is 0 Å². The molecule has 1 aliphatic rings. The fourth-order valence-corrected chi connectivity index (χ4v) is 2.08. The van der Waals surface area contributed by atoms with E-state index in [1.165, 1.54) is 5.56 Å². The van der Waals surface area contributed by atoms with Crippen molar-refractivity contribution in [2.45, 2.75) is 27.1 Å². The minimum absolute atomic E-state index is 0.0402. The van der Waals surface area contributed by atoms with Gasteiger partial charge >= 0.3 is 5.97 Å². The Bertz CT molecular complexity index is 539. The second-order valence-corrected chi connectivity index (χ2v) is 4.74. The van der Waals surface area contributed by atoms with Crippen LogP contribution in [0.4, 0.5) is 5.69 Å². The third-order valence-electron chi connectivity index (χ3n) is 2.83. The molecule has 1 aromatic carbocycles. The van der Waals surface area contributed by atoms with Gasteiger partial charge in [-0.15, -0.1) is 0 Å². The van der Waals surface area contributed by atoms with Crippen LogP contribution in [0.3, 0.4) is 0 Å². The molecule has 0 saturated heterocycles. The molecular formula is C14H16ClNO3. The van der Waals surface area contributed by atoms with Crippen molar-refractivity contribution in [1.29, 1.82) is 0 Å². The summed E-state index contributed by atoms with van der Waals surface area (Å²) in [5.41, 5.74) is 3.57. The Kier molecular flexibility index (Phi) is 4.12. The van der Waals surface area contributed by atoms with Gasteiger partial charge in [0.15, 0.2) is 5.03 Å². The number of nitrogens with one attached hydrogen (secondary N) is 1. The van der Waals surface area contributed by atoms with E-state index in [4.69, 9.17) is 21.1 Å². The molecule has 2 rings (SSSR count). The maximum Gasteiger partial charge on any atom is 0.354 e. The largest absolute Gasteiger partial charge is 0.425 e. The van der Waals surface area contributed by atoms with Gasteiger partial charge in [0.05, 0.1) is 0 Å². The highest BCUT2D eigenvalue weighted by atomic mass is 35.5. The number of carbonyl (C=O) groups is 1. The van der Waals surface area contributed by atoms with Crippen molar-refractivity contribution >= 4 is 23.3 Å². The van der Waals surface area contributed by atoms with E-state index < -0.39 is 12.3 Å². The maximum absolute atomic E-state index is 11.5. The first-order valence-electron chi connectivity index (χ1n) is 6.09. The lowest BCUT2D eigenvalue weighted by Crippen LogP contribution is -2.20. The minimum Gasteiger partial charge on any atom is -0.425 e. The molecule has 0 saturated carbocycles. The number of ether oxygens (including phenoxy) is 2. The first kappa shape index (κ1) is 13.9. The first-order valence-corrected chi connectivity index (χ1v) is 6.47.